The molecule has 1 amide bonds. The normalized spacial score (nSPS) is 10.7. The summed E-state index contributed by atoms with van der Waals surface area (Å²) in [5.41, 5.74) is 0. The van der Waals surface area contributed by atoms with Crippen LogP contribution in [0.5, 0.6) is 0 Å². The van der Waals surface area contributed by atoms with E-state index in [0.717, 1.165) is 11.3 Å². The third-order valence-corrected chi connectivity index (χ3v) is 2.66. The van der Waals surface area contributed by atoms with Crippen molar-refractivity contribution in [2.24, 2.45) is 0 Å². The first kappa shape index (κ1) is 15.5. The Labute approximate surface area is 111 Å². The number of rotatable bonds is 4. The molecule has 104 valence electrons. The number of halogens is 3. The van der Waals surface area contributed by atoms with Crippen molar-refractivity contribution in [1.29, 1.82) is 0 Å². The van der Waals surface area contributed by atoms with Crippen molar-refractivity contribution in [3.8, 4) is 11.8 Å². The quantitative estimate of drug-likeness (QED) is 0.836. The highest BCUT2D eigenvalue weighted by molar-refractivity contribution is 7.16. The van der Waals surface area contributed by atoms with Gasteiger partial charge in [0.2, 0.25) is 5.91 Å². The van der Waals surface area contributed by atoms with Crippen LogP contribution in [0.2, 0.25) is 0 Å². The van der Waals surface area contributed by atoms with Gasteiger partial charge in [-0.2, -0.15) is 13.2 Å². The number of thiazole rings is 1. The average Bonchev–Trinajstić information content (AvgIpc) is 2.74. The fourth-order valence-electron chi connectivity index (χ4n) is 1.03. The predicted molar refractivity (Wildman–Crippen MR) is 64.6 cm³/mol. The lowest BCUT2D eigenvalue weighted by Crippen LogP contribution is -2.16. The van der Waals surface area contributed by atoms with Crippen LogP contribution in [0.4, 0.5) is 18.3 Å². The van der Waals surface area contributed by atoms with Crippen molar-refractivity contribution in [1.82, 2.24) is 4.98 Å². The standard InChI is InChI=1S/C11H11F3N2O2S/c12-11(13,14)5-4-9(18)16-10-15-7-8(19-10)3-1-2-6-17/h7,17H,2,4-6H2,(H,15,16,18). The fourth-order valence-corrected chi connectivity index (χ4v) is 1.74. The zero-order valence-electron chi connectivity index (χ0n) is 9.75. The minimum atomic E-state index is -4.35. The third kappa shape index (κ3) is 6.79. The Bertz CT molecular complexity index is 488. The molecule has 0 fully saturated rings. The summed E-state index contributed by atoms with van der Waals surface area (Å²) in [7, 11) is 0. The summed E-state index contributed by atoms with van der Waals surface area (Å²) in [6.45, 7) is -0.0488. The molecule has 0 saturated carbocycles. The first-order valence-corrected chi connectivity index (χ1v) is 6.14. The molecule has 0 aliphatic heterocycles. The Kier molecular flexibility index (Phi) is 5.79. The van der Waals surface area contributed by atoms with E-state index in [4.69, 9.17) is 5.11 Å². The monoisotopic (exact) mass is 292 g/mol. The van der Waals surface area contributed by atoms with E-state index in [2.05, 4.69) is 22.1 Å². The number of anilines is 1. The highest BCUT2D eigenvalue weighted by atomic mass is 32.1. The molecule has 0 saturated heterocycles. The SMILES string of the molecule is O=C(CCC(F)(F)F)Nc1ncc(C#CCCO)s1. The zero-order chi connectivity index (χ0) is 14.3. The van der Waals surface area contributed by atoms with Gasteiger partial charge in [-0.25, -0.2) is 4.98 Å². The van der Waals surface area contributed by atoms with Gasteiger partial charge >= 0.3 is 6.18 Å². The van der Waals surface area contributed by atoms with Crippen LogP contribution in [0.3, 0.4) is 0 Å². The Morgan fingerprint density at radius 2 is 2.26 bits per heavy atom. The van der Waals surface area contributed by atoms with Crippen LogP contribution >= 0.6 is 11.3 Å². The first-order valence-electron chi connectivity index (χ1n) is 5.33. The second kappa shape index (κ2) is 7.11. The molecule has 4 nitrogen and oxygen atoms in total. The Morgan fingerprint density at radius 1 is 1.53 bits per heavy atom. The van der Waals surface area contributed by atoms with E-state index in [-0.39, 0.29) is 11.7 Å². The summed E-state index contributed by atoms with van der Waals surface area (Å²) < 4.78 is 35.7. The van der Waals surface area contributed by atoms with Crippen molar-refractivity contribution in [3.05, 3.63) is 11.1 Å². The molecule has 1 aromatic heterocycles. The average molecular weight is 292 g/mol. The van der Waals surface area contributed by atoms with Gasteiger partial charge in [-0.3, -0.25) is 4.79 Å². The molecular weight excluding hydrogens is 281 g/mol. The van der Waals surface area contributed by atoms with Gasteiger partial charge in [0.05, 0.1) is 24.1 Å². The van der Waals surface area contributed by atoms with Gasteiger partial charge in [0.1, 0.15) is 0 Å². The number of aromatic nitrogens is 1. The summed E-state index contributed by atoms with van der Waals surface area (Å²) in [5.74, 6) is 4.65. The fraction of sp³-hybridized carbons (Fsp3) is 0.455. The minimum absolute atomic E-state index is 0.0488. The number of amides is 1. The van der Waals surface area contributed by atoms with Gasteiger partial charge in [0.15, 0.2) is 5.13 Å². The number of hydrogen-bond donors (Lipinski definition) is 2. The molecule has 1 heterocycles. The zero-order valence-corrected chi connectivity index (χ0v) is 10.6. The maximum atomic E-state index is 11.9. The van der Waals surface area contributed by atoms with Gasteiger partial charge in [-0.05, 0) is 0 Å². The first-order chi connectivity index (χ1) is 8.90. The second-order valence-electron chi connectivity index (χ2n) is 3.47. The van der Waals surface area contributed by atoms with Crippen molar-refractivity contribution < 1.29 is 23.1 Å². The molecule has 1 aromatic rings. The van der Waals surface area contributed by atoms with E-state index in [1.165, 1.54) is 6.20 Å². The second-order valence-corrected chi connectivity index (χ2v) is 4.50. The Morgan fingerprint density at radius 3 is 2.89 bits per heavy atom. The molecule has 2 N–H and O–H groups in total. The minimum Gasteiger partial charge on any atom is -0.395 e. The van der Waals surface area contributed by atoms with Gasteiger partial charge in [0, 0.05) is 12.8 Å². The number of carbonyl (C=O) groups excluding carboxylic acids is 1. The Hall–Kier alpha value is -1.59. The van der Waals surface area contributed by atoms with Crippen molar-refractivity contribution >= 4 is 22.4 Å². The van der Waals surface area contributed by atoms with Crippen LogP contribution in [-0.4, -0.2) is 28.8 Å². The number of aliphatic hydroxyl groups is 1. The van der Waals surface area contributed by atoms with Crippen LogP contribution in [-0.2, 0) is 4.79 Å². The summed E-state index contributed by atoms with van der Waals surface area (Å²) in [6.07, 6.45) is -4.40. The summed E-state index contributed by atoms with van der Waals surface area (Å²) in [4.78, 5) is 15.6. The Balaban J connectivity index is 2.46. The van der Waals surface area contributed by atoms with E-state index in [9.17, 15) is 18.0 Å². The molecule has 0 unspecified atom stereocenters. The number of nitrogens with one attached hydrogen (secondary N) is 1. The van der Waals surface area contributed by atoms with Crippen LogP contribution in [0.25, 0.3) is 0 Å². The van der Waals surface area contributed by atoms with Crippen molar-refractivity contribution in [2.75, 3.05) is 11.9 Å². The maximum absolute atomic E-state index is 11.9. The molecule has 0 spiro atoms. The van der Waals surface area contributed by atoms with Crippen LogP contribution in [0.15, 0.2) is 6.20 Å². The lowest BCUT2D eigenvalue weighted by molar-refractivity contribution is -0.142. The van der Waals surface area contributed by atoms with Crippen molar-refractivity contribution in [3.63, 3.8) is 0 Å². The molecular formula is C11H11F3N2O2S. The predicted octanol–water partition coefficient (Wildman–Crippen LogP) is 2.16. The highest BCUT2D eigenvalue weighted by Crippen LogP contribution is 2.22. The van der Waals surface area contributed by atoms with Crippen LogP contribution in [0, 0.1) is 11.8 Å². The lowest BCUT2D eigenvalue weighted by Gasteiger charge is -2.05. The molecule has 0 aliphatic rings. The van der Waals surface area contributed by atoms with E-state index in [0.29, 0.717) is 11.3 Å². The van der Waals surface area contributed by atoms with E-state index < -0.39 is 24.9 Å². The molecule has 8 heteroatoms. The van der Waals surface area contributed by atoms with Gasteiger partial charge in [-0.15, -0.1) is 0 Å². The largest absolute Gasteiger partial charge is 0.395 e. The summed E-state index contributed by atoms with van der Waals surface area (Å²) in [6, 6.07) is 0. The number of alkyl halides is 3. The van der Waals surface area contributed by atoms with Crippen molar-refractivity contribution in [2.45, 2.75) is 25.4 Å². The van der Waals surface area contributed by atoms with Gasteiger partial charge < -0.3 is 10.4 Å². The molecule has 0 bridgehead atoms. The van der Waals surface area contributed by atoms with Crippen LogP contribution < -0.4 is 5.32 Å². The molecule has 0 radical (unpaired) electrons. The van der Waals surface area contributed by atoms with Gasteiger partial charge in [-0.1, -0.05) is 23.2 Å². The maximum Gasteiger partial charge on any atom is 0.389 e. The molecule has 0 aliphatic carbocycles. The number of nitrogens with zero attached hydrogens (tertiary/aromatic N) is 1. The van der Waals surface area contributed by atoms with Crippen LogP contribution in [0.1, 0.15) is 24.1 Å². The third-order valence-electron chi connectivity index (χ3n) is 1.84. The lowest BCUT2D eigenvalue weighted by atomic mass is 10.3. The number of aliphatic hydroxyl groups excluding tert-OH is 1. The molecule has 0 atom stereocenters. The van der Waals surface area contributed by atoms with Gasteiger partial charge in [0.25, 0.3) is 0 Å². The molecule has 19 heavy (non-hydrogen) atoms. The number of hydrogen-bond acceptors (Lipinski definition) is 4. The molecule has 0 aromatic carbocycles. The highest BCUT2D eigenvalue weighted by Gasteiger charge is 2.27. The van der Waals surface area contributed by atoms with E-state index in [1.54, 1.807) is 0 Å². The van der Waals surface area contributed by atoms with E-state index >= 15 is 0 Å². The topological polar surface area (TPSA) is 62.2 Å². The van der Waals surface area contributed by atoms with E-state index in [1.807, 2.05) is 0 Å². The summed E-state index contributed by atoms with van der Waals surface area (Å²) in [5, 5.41) is 11.0. The summed E-state index contributed by atoms with van der Waals surface area (Å²) >= 11 is 1.07. The molecule has 1 rings (SSSR count). The number of carbonyl (C=O) groups is 1. The smallest absolute Gasteiger partial charge is 0.389 e.